The Morgan fingerprint density at radius 1 is 1.25 bits per heavy atom. The third-order valence-corrected chi connectivity index (χ3v) is 2.60. The summed E-state index contributed by atoms with van der Waals surface area (Å²) in [6.07, 6.45) is 0. The van der Waals surface area contributed by atoms with Crippen LogP contribution in [0.25, 0.3) is 0 Å². The Labute approximate surface area is 97.2 Å². The van der Waals surface area contributed by atoms with Crippen molar-refractivity contribution in [2.75, 3.05) is 13.1 Å². The van der Waals surface area contributed by atoms with Crippen LogP contribution in [0.3, 0.4) is 0 Å². The van der Waals surface area contributed by atoms with E-state index in [2.05, 4.69) is 42.7 Å². The van der Waals surface area contributed by atoms with Gasteiger partial charge >= 0.3 is 0 Å². The summed E-state index contributed by atoms with van der Waals surface area (Å²) in [6, 6.07) is 6.25. The number of rotatable bonds is 5. The molecule has 3 nitrogen and oxygen atoms in total. The van der Waals surface area contributed by atoms with Gasteiger partial charge in [-0.3, -0.25) is 4.79 Å². The standard InChI is InChI=1S/C13H20N2O/c1-4-14-9-13(16)15-8-12-6-5-10(2)11(3)7-12/h5-7,14H,4,8-9H2,1-3H3,(H,15,16). The Bertz CT molecular complexity index is 361. The quantitative estimate of drug-likeness (QED) is 0.790. The predicted octanol–water partition coefficient (Wildman–Crippen LogP) is 1.53. The third kappa shape index (κ3) is 4.03. The molecule has 0 unspecified atom stereocenters. The molecule has 0 atom stereocenters. The minimum atomic E-state index is 0.0417. The Kier molecular flexibility index (Phi) is 4.99. The molecule has 0 radical (unpaired) electrons. The number of benzene rings is 1. The normalized spacial score (nSPS) is 10.2. The van der Waals surface area contributed by atoms with E-state index in [-0.39, 0.29) is 5.91 Å². The van der Waals surface area contributed by atoms with Crippen LogP contribution < -0.4 is 10.6 Å². The van der Waals surface area contributed by atoms with E-state index >= 15 is 0 Å². The van der Waals surface area contributed by atoms with Gasteiger partial charge in [-0.25, -0.2) is 0 Å². The number of nitrogens with one attached hydrogen (secondary N) is 2. The molecule has 0 aromatic heterocycles. The highest BCUT2D eigenvalue weighted by Gasteiger charge is 2.00. The lowest BCUT2D eigenvalue weighted by atomic mass is 10.1. The summed E-state index contributed by atoms with van der Waals surface area (Å²) in [5, 5.41) is 5.87. The van der Waals surface area contributed by atoms with Crippen LogP contribution in [0.1, 0.15) is 23.6 Å². The first kappa shape index (κ1) is 12.7. The number of hydrogen-bond acceptors (Lipinski definition) is 2. The zero-order valence-corrected chi connectivity index (χ0v) is 10.3. The zero-order chi connectivity index (χ0) is 12.0. The fourth-order valence-electron chi connectivity index (χ4n) is 1.42. The van der Waals surface area contributed by atoms with Crippen molar-refractivity contribution in [3.8, 4) is 0 Å². The van der Waals surface area contributed by atoms with Crippen LogP contribution in [0.5, 0.6) is 0 Å². The molecule has 3 heteroatoms. The largest absolute Gasteiger partial charge is 0.351 e. The lowest BCUT2D eigenvalue weighted by molar-refractivity contribution is -0.120. The number of amides is 1. The van der Waals surface area contributed by atoms with Crippen molar-refractivity contribution >= 4 is 5.91 Å². The van der Waals surface area contributed by atoms with Gasteiger partial charge in [-0.05, 0) is 37.1 Å². The molecule has 0 aliphatic heterocycles. The van der Waals surface area contributed by atoms with Crippen molar-refractivity contribution < 1.29 is 4.79 Å². The van der Waals surface area contributed by atoms with Crippen molar-refractivity contribution in [2.24, 2.45) is 0 Å². The molecule has 0 spiro atoms. The zero-order valence-electron chi connectivity index (χ0n) is 10.3. The van der Waals surface area contributed by atoms with E-state index in [1.54, 1.807) is 0 Å². The Hall–Kier alpha value is -1.35. The van der Waals surface area contributed by atoms with Gasteiger partial charge < -0.3 is 10.6 Å². The summed E-state index contributed by atoms with van der Waals surface area (Å²) in [5.74, 6) is 0.0417. The highest BCUT2D eigenvalue weighted by molar-refractivity contribution is 5.77. The number of likely N-dealkylation sites (N-methyl/N-ethyl adjacent to an activating group) is 1. The lowest BCUT2D eigenvalue weighted by Gasteiger charge is -2.07. The molecule has 1 aromatic rings. The van der Waals surface area contributed by atoms with Crippen molar-refractivity contribution in [1.29, 1.82) is 0 Å². The topological polar surface area (TPSA) is 41.1 Å². The smallest absolute Gasteiger partial charge is 0.234 e. The highest BCUT2D eigenvalue weighted by Crippen LogP contribution is 2.09. The van der Waals surface area contributed by atoms with Crippen LogP contribution in [0.2, 0.25) is 0 Å². The van der Waals surface area contributed by atoms with Gasteiger partial charge in [0, 0.05) is 6.54 Å². The minimum absolute atomic E-state index is 0.0417. The van der Waals surface area contributed by atoms with Crippen LogP contribution in [-0.2, 0) is 11.3 Å². The van der Waals surface area contributed by atoms with Gasteiger partial charge in [0.15, 0.2) is 0 Å². The summed E-state index contributed by atoms with van der Waals surface area (Å²) < 4.78 is 0. The van der Waals surface area contributed by atoms with Gasteiger partial charge in [-0.2, -0.15) is 0 Å². The summed E-state index contributed by atoms with van der Waals surface area (Å²) in [7, 11) is 0. The maximum atomic E-state index is 11.4. The molecule has 0 heterocycles. The molecule has 1 amide bonds. The SMILES string of the molecule is CCNCC(=O)NCc1ccc(C)c(C)c1. The molecule has 0 saturated heterocycles. The van der Waals surface area contributed by atoms with Crippen molar-refractivity contribution in [3.63, 3.8) is 0 Å². The maximum absolute atomic E-state index is 11.4. The molecular weight excluding hydrogens is 200 g/mol. The second-order valence-corrected chi connectivity index (χ2v) is 3.98. The van der Waals surface area contributed by atoms with E-state index in [0.29, 0.717) is 13.1 Å². The van der Waals surface area contributed by atoms with Crippen LogP contribution in [0.4, 0.5) is 0 Å². The fourth-order valence-corrected chi connectivity index (χ4v) is 1.42. The lowest BCUT2D eigenvalue weighted by Crippen LogP contribution is -2.33. The van der Waals surface area contributed by atoms with E-state index in [9.17, 15) is 4.79 Å². The molecule has 2 N–H and O–H groups in total. The summed E-state index contributed by atoms with van der Waals surface area (Å²) in [5.41, 5.74) is 3.69. The van der Waals surface area contributed by atoms with Gasteiger partial charge in [-0.1, -0.05) is 25.1 Å². The van der Waals surface area contributed by atoms with E-state index in [1.165, 1.54) is 11.1 Å². The van der Waals surface area contributed by atoms with E-state index < -0.39 is 0 Å². The molecule has 0 aliphatic carbocycles. The number of carbonyl (C=O) groups excluding carboxylic acids is 1. The second-order valence-electron chi connectivity index (χ2n) is 3.98. The maximum Gasteiger partial charge on any atom is 0.234 e. The van der Waals surface area contributed by atoms with E-state index in [1.807, 2.05) is 6.92 Å². The van der Waals surface area contributed by atoms with Gasteiger partial charge in [0.05, 0.1) is 6.54 Å². The van der Waals surface area contributed by atoms with Gasteiger partial charge in [0.2, 0.25) is 5.91 Å². The predicted molar refractivity (Wildman–Crippen MR) is 66.3 cm³/mol. The average molecular weight is 220 g/mol. The Morgan fingerprint density at radius 2 is 2.00 bits per heavy atom. The van der Waals surface area contributed by atoms with Gasteiger partial charge in [0.25, 0.3) is 0 Å². The average Bonchev–Trinajstić information content (AvgIpc) is 2.28. The monoisotopic (exact) mass is 220 g/mol. The first-order chi connectivity index (χ1) is 7.63. The molecule has 0 saturated carbocycles. The van der Waals surface area contributed by atoms with E-state index in [4.69, 9.17) is 0 Å². The molecule has 1 aromatic carbocycles. The fraction of sp³-hybridized carbons (Fsp3) is 0.462. The van der Waals surface area contributed by atoms with Crippen LogP contribution >= 0.6 is 0 Å². The molecule has 0 aliphatic rings. The Morgan fingerprint density at radius 3 is 2.62 bits per heavy atom. The second kappa shape index (κ2) is 6.28. The number of aryl methyl sites for hydroxylation is 2. The van der Waals surface area contributed by atoms with Crippen molar-refractivity contribution in [2.45, 2.75) is 27.3 Å². The van der Waals surface area contributed by atoms with Crippen LogP contribution in [-0.4, -0.2) is 19.0 Å². The summed E-state index contributed by atoms with van der Waals surface area (Å²) in [6.45, 7) is 7.96. The summed E-state index contributed by atoms with van der Waals surface area (Å²) >= 11 is 0. The van der Waals surface area contributed by atoms with Crippen LogP contribution in [0.15, 0.2) is 18.2 Å². The Balaban J connectivity index is 2.42. The van der Waals surface area contributed by atoms with Gasteiger partial charge in [-0.15, -0.1) is 0 Å². The van der Waals surface area contributed by atoms with Gasteiger partial charge in [0.1, 0.15) is 0 Å². The molecule has 0 bridgehead atoms. The van der Waals surface area contributed by atoms with Crippen LogP contribution in [0, 0.1) is 13.8 Å². The molecule has 1 rings (SSSR count). The molecule has 0 fully saturated rings. The summed E-state index contributed by atoms with van der Waals surface area (Å²) in [4.78, 5) is 11.4. The van der Waals surface area contributed by atoms with E-state index in [0.717, 1.165) is 12.1 Å². The van der Waals surface area contributed by atoms with Crippen molar-refractivity contribution in [3.05, 3.63) is 34.9 Å². The first-order valence-corrected chi connectivity index (χ1v) is 5.67. The molecular formula is C13H20N2O. The first-order valence-electron chi connectivity index (χ1n) is 5.67. The number of hydrogen-bond donors (Lipinski definition) is 2. The minimum Gasteiger partial charge on any atom is -0.351 e. The highest BCUT2D eigenvalue weighted by atomic mass is 16.1. The number of carbonyl (C=O) groups is 1. The molecule has 16 heavy (non-hydrogen) atoms. The molecule has 88 valence electrons. The third-order valence-electron chi connectivity index (χ3n) is 2.60. The van der Waals surface area contributed by atoms with Crippen molar-refractivity contribution in [1.82, 2.24) is 10.6 Å².